The van der Waals surface area contributed by atoms with Crippen molar-refractivity contribution in [1.82, 2.24) is 0 Å². The number of ether oxygens (including phenoxy) is 2. The maximum Gasteiger partial charge on any atom is 0.343 e. The molecule has 5 N–H and O–H groups in total. The minimum Gasteiger partial charge on any atom is -0.487 e. The first-order chi connectivity index (χ1) is 12.6. The zero-order chi connectivity index (χ0) is 19.8. The monoisotopic (exact) mass is 369 g/mol. The van der Waals surface area contributed by atoms with Gasteiger partial charge < -0.3 is 25.6 Å². The fourth-order valence-corrected chi connectivity index (χ4v) is 2.91. The highest BCUT2D eigenvalue weighted by molar-refractivity contribution is 5.94. The zero-order valence-electron chi connectivity index (χ0n) is 14.8. The van der Waals surface area contributed by atoms with Crippen molar-refractivity contribution in [2.45, 2.75) is 25.9 Å². The fourth-order valence-electron chi connectivity index (χ4n) is 2.91. The van der Waals surface area contributed by atoms with E-state index in [-0.39, 0.29) is 22.8 Å². The van der Waals surface area contributed by atoms with Crippen LogP contribution in [0.5, 0.6) is 11.5 Å². The van der Waals surface area contributed by atoms with Gasteiger partial charge >= 0.3 is 11.9 Å². The van der Waals surface area contributed by atoms with Crippen molar-refractivity contribution in [3.05, 3.63) is 53.1 Å². The number of carbonyl (C=O) groups is 2. The van der Waals surface area contributed by atoms with Gasteiger partial charge in [-0.2, -0.15) is 0 Å². The normalized spacial score (nSPS) is 14.0. The van der Waals surface area contributed by atoms with Crippen LogP contribution in [0.3, 0.4) is 0 Å². The lowest BCUT2D eigenvalue weighted by molar-refractivity contribution is 0.0686. The summed E-state index contributed by atoms with van der Waals surface area (Å²) in [5, 5.41) is 19.2. The number of anilines is 1. The van der Waals surface area contributed by atoms with Gasteiger partial charge in [0.2, 0.25) is 0 Å². The summed E-state index contributed by atoms with van der Waals surface area (Å²) in [6.45, 7) is 3.72. The van der Waals surface area contributed by atoms with Gasteiger partial charge in [-0.25, -0.2) is 9.59 Å². The second-order valence-corrected chi connectivity index (χ2v) is 6.80. The number of benzene rings is 2. The molecule has 0 radical (unpaired) electrons. The van der Waals surface area contributed by atoms with E-state index < -0.39 is 17.5 Å². The molecule has 0 saturated carbocycles. The highest BCUT2D eigenvalue weighted by atomic mass is 16.5. The summed E-state index contributed by atoms with van der Waals surface area (Å²) >= 11 is 0. The number of aromatic carboxylic acids is 1. The van der Waals surface area contributed by atoms with Crippen LogP contribution in [0.4, 0.5) is 5.69 Å². The van der Waals surface area contributed by atoms with Crippen LogP contribution in [-0.2, 0) is 6.42 Å². The smallest absolute Gasteiger partial charge is 0.343 e. The Morgan fingerprint density at radius 3 is 2.52 bits per heavy atom. The molecule has 8 nitrogen and oxygen atoms in total. The highest BCUT2D eigenvalue weighted by Gasteiger charge is 2.34. The molecule has 0 aliphatic carbocycles. The quantitative estimate of drug-likeness (QED) is 0.281. The van der Waals surface area contributed by atoms with E-state index in [4.69, 9.17) is 20.6 Å². The van der Waals surface area contributed by atoms with Crippen molar-refractivity contribution in [3.8, 4) is 11.5 Å². The number of hydrogen-bond donors (Lipinski definition) is 4. The van der Waals surface area contributed by atoms with Gasteiger partial charge in [-0.1, -0.05) is 0 Å². The Bertz CT molecular complexity index is 935. The average Bonchev–Trinajstić information content (AvgIpc) is 2.87. The molecule has 0 fully saturated rings. The number of carbonyl (C=O) groups excluding carboxylic acids is 1. The summed E-state index contributed by atoms with van der Waals surface area (Å²) in [7, 11) is 0. The van der Waals surface area contributed by atoms with Gasteiger partial charge in [0.15, 0.2) is 5.96 Å². The van der Waals surface area contributed by atoms with E-state index in [9.17, 15) is 14.7 Å². The van der Waals surface area contributed by atoms with E-state index in [0.29, 0.717) is 23.4 Å². The first kappa shape index (κ1) is 18.2. The molecule has 3 rings (SSSR count). The molecule has 0 atom stereocenters. The summed E-state index contributed by atoms with van der Waals surface area (Å²) in [4.78, 5) is 23.9. The number of esters is 1. The number of fused-ring (bicyclic) bond motifs is 1. The summed E-state index contributed by atoms with van der Waals surface area (Å²) in [6.07, 6.45) is 0.461. The van der Waals surface area contributed by atoms with Crippen molar-refractivity contribution in [1.29, 1.82) is 5.41 Å². The largest absolute Gasteiger partial charge is 0.487 e. The molecule has 0 bridgehead atoms. The van der Waals surface area contributed by atoms with Gasteiger partial charge in [0.1, 0.15) is 17.1 Å². The Morgan fingerprint density at radius 2 is 1.93 bits per heavy atom. The maximum absolute atomic E-state index is 12.4. The van der Waals surface area contributed by atoms with Crippen molar-refractivity contribution >= 4 is 23.6 Å². The number of nitrogens with two attached hydrogens (primary N) is 1. The molecule has 1 heterocycles. The SMILES string of the molecule is CC1(C)Cc2c(cc(OC(=O)c3ccc(NC(=N)N)cc3)cc2C(=O)O)O1. The molecule has 0 amide bonds. The fraction of sp³-hybridized carbons (Fsp3) is 0.211. The van der Waals surface area contributed by atoms with E-state index in [1.807, 2.05) is 13.8 Å². The Morgan fingerprint density at radius 1 is 1.26 bits per heavy atom. The van der Waals surface area contributed by atoms with Gasteiger partial charge in [0.05, 0.1) is 11.1 Å². The first-order valence-corrected chi connectivity index (χ1v) is 8.17. The molecular weight excluding hydrogens is 350 g/mol. The molecule has 0 saturated heterocycles. The number of guanidine groups is 1. The summed E-state index contributed by atoms with van der Waals surface area (Å²) in [5.74, 6) is -1.46. The lowest BCUT2D eigenvalue weighted by Gasteiger charge is -2.16. The van der Waals surface area contributed by atoms with Crippen molar-refractivity contribution in [2.75, 3.05) is 5.32 Å². The summed E-state index contributed by atoms with van der Waals surface area (Å²) in [6, 6.07) is 9.04. The molecule has 2 aromatic carbocycles. The van der Waals surface area contributed by atoms with Gasteiger partial charge in [-0.3, -0.25) is 5.41 Å². The standard InChI is InChI=1S/C19H19N3O5/c1-19(2)9-14-13(16(23)24)7-12(8-15(14)27-19)26-17(25)10-3-5-11(6-4-10)22-18(20)21/h3-8H,9H2,1-2H3,(H,23,24)(H4,20,21,22). The summed E-state index contributed by atoms with van der Waals surface area (Å²) < 4.78 is 11.1. The zero-order valence-corrected chi connectivity index (χ0v) is 14.8. The molecule has 0 unspecified atom stereocenters. The highest BCUT2D eigenvalue weighted by Crippen LogP contribution is 2.40. The number of rotatable bonds is 4. The molecule has 0 aromatic heterocycles. The molecule has 1 aliphatic heterocycles. The Kier molecular flexibility index (Phi) is 4.49. The molecule has 27 heavy (non-hydrogen) atoms. The predicted molar refractivity (Wildman–Crippen MR) is 98.7 cm³/mol. The molecule has 0 spiro atoms. The topological polar surface area (TPSA) is 135 Å². The summed E-state index contributed by atoms with van der Waals surface area (Å²) in [5.41, 5.74) is 6.20. The van der Waals surface area contributed by atoms with Crippen molar-refractivity contribution in [3.63, 3.8) is 0 Å². The van der Waals surface area contributed by atoms with Crippen molar-refractivity contribution < 1.29 is 24.2 Å². The van der Waals surface area contributed by atoms with Crippen LogP contribution in [-0.4, -0.2) is 28.6 Å². The number of carboxylic acid groups (broad SMARTS) is 1. The maximum atomic E-state index is 12.4. The second-order valence-electron chi connectivity index (χ2n) is 6.80. The third kappa shape index (κ3) is 4.00. The minimum atomic E-state index is -1.11. The third-order valence-electron chi connectivity index (χ3n) is 4.01. The van der Waals surface area contributed by atoms with Crippen LogP contribution in [0.15, 0.2) is 36.4 Å². The van der Waals surface area contributed by atoms with Crippen LogP contribution in [0.25, 0.3) is 0 Å². The Labute approximate surface area is 155 Å². The van der Waals surface area contributed by atoms with Gasteiger partial charge in [-0.05, 0) is 44.2 Å². The van der Waals surface area contributed by atoms with E-state index in [1.54, 1.807) is 12.1 Å². The second kappa shape index (κ2) is 6.64. The van der Waals surface area contributed by atoms with Crippen molar-refractivity contribution in [2.24, 2.45) is 5.73 Å². The van der Waals surface area contributed by atoms with E-state index in [0.717, 1.165) is 0 Å². The van der Waals surface area contributed by atoms with Crippen LogP contribution in [0, 0.1) is 5.41 Å². The van der Waals surface area contributed by atoms with E-state index in [2.05, 4.69) is 5.32 Å². The van der Waals surface area contributed by atoms with E-state index >= 15 is 0 Å². The molecule has 140 valence electrons. The van der Waals surface area contributed by atoms with E-state index in [1.165, 1.54) is 24.3 Å². The minimum absolute atomic E-state index is 0.0573. The Hall–Kier alpha value is -3.55. The average molecular weight is 369 g/mol. The molecule has 8 heteroatoms. The first-order valence-electron chi connectivity index (χ1n) is 8.17. The van der Waals surface area contributed by atoms with Gasteiger partial charge in [0, 0.05) is 23.7 Å². The van der Waals surface area contributed by atoms with Gasteiger partial charge in [0.25, 0.3) is 0 Å². The van der Waals surface area contributed by atoms with Gasteiger partial charge in [-0.15, -0.1) is 0 Å². The number of carboxylic acids is 1. The number of hydrogen-bond acceptors (Lipinski definition) is 5. The molecule has 1 aliphatic rings. The lowest BCUT2D eigenvalue weighted by atomic mass is 9.97. The Balaban J connectivity index is 1.83. The molecule has 2 aromatic rings. The third-order valence-corrected chi connectivity index (χ3v) is 4.01. The number of nitrogens with one attached hydrogen (secondary N) is 2. The van der Waals surface area contributed by atoms with Crippen LogP contribution >= 0.6 is 0 Å². The van der Waals surface area contributed by atoms with Crippen LogP contribution < -0.4 is 20.5 Å². The van der Waals surface area contributed by atoms with Crippen LogP contribution in [0.1, 0.15) is 40.1 Å². The van der Waals surface area contributed by atoms with Crippen LogP contribution in [0.2, 0.25) is 0 Å². The molecular formula is C19H19N3O5. The lowest BCUT2D eigenvalue weighted by Crippen LogP contribution is -2.24. The predicted octanol–water partition coefficient (Wildman–Crippen LogP) is 2.62.